The van der Waals surface area contributed by atoms with Crippen molar-refractivity contribution < 1.29 is 9.18 Å². The zero-order valence-corrected chi connectivity index (χ0v) is 11.1. The van der Waals surface area contributed by atoms with Crippen molar-refractivity contribution in [2.24, 2.45) is 0 Å². The molecule has 0 aliphatic heterocycles. The van der Waals surface area contributed by atoms with E-state index in [4.69, 9.17) is 0 Å². The van der Waals surface area contributed by atoms with Crippen molar-refractivity contribution in [1.82, 2.24) is 0 Å². The summed E-state index contributed by atoms with van der Waals surface area (Å²) in [6, 6.07) is 14.8. The minimum Gasteiger partial charge on any atom is -0.292 e. The van der Waals surface area contributed by atoms with Crippen LogP contribution in [0.2, 0.25) is 0 Å². The van der Waals surface area contributed by atoms with E-state index < -0.39 is 5.92 Å². The Balaban J connectivity index is 2.39. The lowest BCUT2D eigenvalue weighted by molar-refractivity contribution is 0.0978. The van der Waals surface area contributed by atoms with Crippen molar-refractivity contribution in [3.05, 3.63) is 71.0 Å². The second-order valence-electron chi connectivity index (χ2n) is 4.49. The first-order chi connectivity index (χ1) is 9.67. The minimum atomic E-state index is -0.900. The molecule has 20 heavy (non-hydrogen) atoms. The van der Waals surface area contributed by atoms with Gasteiger partial charge in [-0.2, -0.15) is 5.26 Å². The number of hydrogen-bond donors (Lipinski definition) is 0. The van der Waals surface area contributed by atoms with Gasteiger partial charge in [-0.1, -0.05) is 43.3 Å². The number of carbonyl (C=O) groups excluding carboxylic acids is 1. The first kappa shape index (κ1) is 14.0. The molecule has 2 rings (SSSR count). The molecule has 1 atom stereocenters. The number of rotatable bonds is 4. The molecule has 0 N–H and O–H groups in total. The standard InChI is InChI=1S/C17H14FNO/c1-2-12-5-3-4-6-15(12)17(20)16(11-19)13-7-9-14(18)10-8-13/h3-10,16H,2H2,1H3. The van der Waals surface area contributed by atoms with Gasteiger partial charge in [-0.15, -0.1) is 0 Å². The summed E-state index contributed by atoms with van der Waals surface area (Å²) in [5, 5.41) is 9.28. The molecule has 100 valence electrons. The number of carbonyl (C=O) groups is 1. The maximum atomic E-state index is 12.9. The second-order valence-corrected chi connectivity index (χ2v) is 4.49. The van der Waals surface area contributed by atoms with Crippen LogP contribution in [0.4, 0.5) is 4.39 Å². The Bertz CT molecular complexity index is 655. The highest BCUT2D eigenvalue weighted by atomic mass is 19.1. The molecule has 1 unspecified atom stereocenters. The molecule has 2 aromatic carbocycles. The van der Waals surface area contributed by atoms with E-state index in [0.29, 0.717) is 11.1 Å². The van der Waals surface area contributed by atoms with Gasteiger partial charge < -0.3 is 0 Å². The molecule has 0 bridgehead atoms. The molecular formula is C17H14FNO. The van der Waals surface area contributed by atoms with Crippen LogP contribution >= 0.6 is 0 Å². The molecule has 0 aliphatic rings. The summed E-state index contributed by atoms with van der Waals surface area (Å²) in [5.41, 5.74) is 2.00. The van der Waals surface area contributed by atoms with Crippen LogP contribution in [0.1, 0.15) is 34.3 Å². The SMILES string of the molecule is CCc1ccccc1C(=O)C(C#N)c1ccc(F)cc1. The van der Waals surface area contributed by atoms with E-state index in [0.717, 1.165) is 12.0 Å². The summed E-state index contributed by atoms with van der Waals surface area (Å²) in [6.07, 6.45) is 0.726. The summed E-state index contributed by atoms with van der Waals surface area (Å²) in [5.74, 6) is -1.52. The number of nitrogens with zero attached hydrogens (tertiary/aromatic N) is 1. The molecule has 0 aliphatic carbocycles. The third-order valence-electron chi connectivity index (χ3n) is 3.26. The van der Waals surface area contributed by atoms with Gasteiger partial charge in [-0.05, 0) is 29.7 Å². The summed E-state index contributed by atoms with van der Waals surface area (Å²) in [4.78, 5) is 12.5. The molecule has 0 radical (unpaired) electrons. The quantitative estimate of drug-likeness (QED) is 0.789. The lowest BCUT2D eigenvalue weighted by atomic mass is 9.89. The van der Waals surface area contributed by atoms with Crippen molar-refractivity contribution in [2.75, 3.05) is 0 Å². The number of ketones is 1. The van der Waals surface area contributed by atoms with Crippen LogP contribution in [0.15, 0.2) is 48.5 Å². The summed E-state index contributed by atoms with van der Waals surface area (Å²) in [7, 11) is 0. The number of hydrogen-bond acceptors (Lipinski definition) is 2. The van der Waals surface area contributed by atoms with Gasteiger partial charge in [0.15, 0.2) is 5.78 Å². The fourth-order valence-electron chi connectivity index (χ4n) is 2.16. The molecule has 0 fully saturated rings. The van der Waals surface area contributed by atoms with Gasteiger partial charge in [-0.25, -0.2) is 4.39 Å². The van der Waals surface area contributed by atoms with Gasteiger partial charge in [-0.3, -0.25) is 4.79 Å². The van der Waals surface area contributed by atoms with Gasteiger partial charge in [0.25, 0.3) is 0 Å². The van der Waals surface area contributed by atoms with E-state index in [9.17, 15) is 14.4 Å². The second kappa shape index (κ2) is 6.12. The van der Waals surface area contributed by atoms with Gasteiger partial charge in [0.1, 0.15) is 11.7 Å². The molecule has 0 saturated heterocycles. The molecule has 0 heterocycles. The van der Waals surface area contributed by atoms with Crippen molar-refractivity contribution in [3.63, 3.8) is 0 Å². The van der Waals surface area contributed by atoms with Crippen LogP contribution in [0.5, 0.6) is 0 Å². The smallest absolute Gasteiger partial charge is 0.184 e. The highest BCUT2D eigenvalue weighted by molar-refractivity contribution is 6.03. The molecular weight excluding hydrogens is 253 g/mol. The van der Waals surface area contributed by atoms with Crippen LogP contribution in [-0.4, -0.2) is 5.78 Å². The monoisotopic (exact) mass is 267 g/mol. The number of nitriles is 1. The molecule has 0 saturated carbocycles. The van der Waals surface area contributed by atoms with E-state index in [2.05, 4.69) is 0 Å². The zero-order chi connectivity index (χ0) is 14.5. The molecule has 0 amide bonds. The van der Waals surface area contributed by atoms with Crippen molar-refractivity contribution >= 4 is 5.78 Å². The Hall–Kier alpha value is -2.47. The fourth-order valence-corrected chi connectivity index (χ4v) is 2.16. The average molecular weight is 267 g/mol. The first-order valence-corrected chi connectivity index (χ1v) is 6.44. The predicted octanol–water partition coefficient (Wildman–Crippen LogP) is 3.88. The maximum Gasteiger partial charge on any atom is 0.184 e. The van der Waals surface area contributed by atoms with Crippen molar-refractivity contribution in [3.8, 4) is 6.07 Å². The van der Waals surface area contributed by atoms with Crippen LogP contribution in [0, 0.1) is 17.1 Å². The van der Waals surface area contributed by atoms with E-state index >= 15 is 0 Å². The number of Topliss-reactive ketones (excluding diaryl/α,β-unsaturated/α-hetero) is 1. The van der Waals surface area contributed by atoms with E-state index in [1.165, 1.54) is 24.3 Å². The van der Waals surface area contributed by atoms with E-state index in [1.807, 2.05) is 25.1 Å². The van der Waals surface area contributed by atoms with Gasteiger partial charge >= 0.3 is 0 Å². The normalized spacial score (nSPS) is 11.7. The third kappa shape index (κ3) is 2.75. The zero-order valence-electron chi connectivity index (χ0n) is 11.1. The summed E-state index contributed by atoms with van der Waals surface area (Å²) < 4.78 is 12.9. The van der Waals surface area contributed by atoms with Gasteiger partial charge in [0.05, 0.1) is 6.07 Å². The van der Waals surface area contributed by atoms with E-state index in [-0.39, 0.29) is 11.6 Å². The maximum absolute atomic E-state index is 12.9. The number of aryl methyl sites for hydroxylation is 1. The first-order valence-electron chi connectivity index (χ1n) is 6.44. The average Bonchev–Trinajstić information content (AvgIpc) is 2.49. The topological polar surface area (TPSA) is 40.9 Å². The molecule has 0 aromatic heterocycles. The largest absolute Gasteiger partial charge is 0.292 e. The summed E-state index contributed by atoms with van der Waals surface area (Å²) >= 11 is 0. The lowest BCUT2D eigenvalue weighted by Crippen LogP contribution is -2.13. The highest BCUT2D eigenvalue weighted by Gasteiger charge is 2.23. The van der Waals surface area contributed by atoms with Gasteiger partial charge in [0.2, 0.25) is 0 Å². The van der Waals surface area contributed by atoms with Crippen LogP contribution < -0.4 is 0 Å². The van der Waals surface area contributed by atoms with Crippen molar-refractivity contribution in [1.29, 1.82) is 5.26 Å². The Labute approximate surface area is 117 Å². The van der Waals surface area contributed by atoms with E-state index in [1.54, 1.807) is 12.1 Å². The van der Waals surface area contributed by atoms with Crippen LogP contribution in [0.25, 0.3) is 0 Å². The van der Waals surface area contributed by atoms with Crippen LogP contribution in [-0.2, 0) is 6.42 Å². The predicted molar refractivity (Wildman–Crippen MR) is 74.9 cm³/mol. The Morgan fingerprint density at radius 3 is 2.45 bits per heavy atom. The summed E-state index contributed by atoms with van der Waals surface area (Å²) in [6.45, 7) is 1.96. The number of benzene rings is 2. The van der Waals surface area contributed by atoms with Crippen molar-refractivity contribution in [2.45, 2.75) is 19.3 Å². The number of halogens is 1. The fraction of sp³-hybridized carbons (Fsp3) is 0.176. The third-order valence-corrected chi connectivity index (χ3v) is 3.26. The molecule has 0 spiro atoms. The Kier molecular flexibility index (Phi) is 4.27. The lowest BCUT2D eigenvalue weighted by Gasteiger charge is -2.11. The Morgan fingerprint density at radius 2 is 1.85 bits per heavy atom. The van der Waals surface area contributed by atoms with Gasteiger partial charge in [0, 0.05) is 5.56 Å². The van der Waals surface area contributed by atoms with Crippen LogP contribution in [0.3, 0.4) is 0 Å². The molecule has 2 aromatic rings. The highest BCUT2D eigenvalue weighted by Crippen LogP contribution is 2.23. The minimum absolute atomic E-state index is 0.239. The molecule has 3 heteroatoms. The Morgan fingerprint density at radius 1 is 1.20 bits per heavy atom. The molecule has 2 nitrogen and oxygen atoms in total.